The van der Waals surface area contributed by atoms with Crippen molar-refractivity contribution in [3.8, 4) is 0 Å². The van der Waals surface area contributed by atoms with E-state index in [0.29, 0.717) is 20.8 Å². The van der Waals surface area contributed by atoms with Crippen LogP contribution in [0, 0.1) is 0 Å². The Balaban J connectivity index is 2.66. The van der Waals surface area contributed by atoms with Crippen molar-refractivity contribution in [1.82, 2.24) is 4.90 Å². The van der Waals surface area contributed by atoms with E-state index in [9.17, 15) is 4.79 Å². The lowest BCUT2D eigenvalue weighted by atomic mass is 10.2. The van der Waals surface area contributed by atoms with E-state index in [2.05, 4.69) is 0 Å². The summed E-state index contributed by atoms with van der Waals surface area (Å²) in [5, 5.41) is 8.91. The van der Waals surface area contributed by atoms with E-state index in [1.165, 1.54) is 11.3 Å². The largest absolute Gasteiger partial charge is 0.395 e. The molecule has 1 aromatic heterocycles. The maximum atomic E-state index is 12.0. The molecule has 0 unspecified atom stereocenters. The van der Waals surface area contributed by atoms with Crippen LogP contribution in [0.5, 0.6) is 0 Å². The van der Waals surface area contributed by atoms with Gasteiger partial charge in [-0.15, -0.1) is 11.3 Å². The van der Waals surface area contributed by atoms with E-state index >= 15 is 0 Å². The maximum Gasteiger partial charge on any atom is 0.179 e. The Morgan fingerprint density at radius 1 is 1.47 bits per heavy atom. The highest BCUT2D eigenvalue weighted by Gasteiger charge is 2.17. The molecule has 1 aromatic rings. The van der Waals surface area contributed by atoms with Crippen molar-refractivity contribution in [2.45, 2.75) is 13.3 Å². The molecule has 6 heteroatoms. The molecule has 0 saturated carbocycles. The fourth-order valence-corrected chi connectivity index (χ4v) is 3.05. The number of rotatable bonds is 7. The molecule has 0 atom stereocenters. The molecule has 0 aromatic carbocycles. The van der Waals surface area contributed by atoms with Gasteiger partial charge in [0.05, 0.1) is 23.1 Å². The Morgan fingerprint density at radius 3 is 2.65 bits per heavy atom. The third-order valence-corrected chi connectivity index (χ3v) is 3.77. The number of halogens is 2. The molecular weight excluding hydrogens is 281 g/mol. The van der Waals surface area contributed by atoms with Crippen LogP contribution in [0.1, 0.15) is 23.7 Å². The van der Waals surface area contributed by atoms with Crippen molar-refractivity contribution >= 4 is 40.3 Å². The molecular formula is C11H15Cl2NO2S. The van der Waals surface area contributed by atoms with Crippen molar-refractivity contribution in [2.24, 2.45) is 0 Å². The summed E-state index contributed by atoms with van der Waals surface area (Å²) in [4.78, 5) is 13.9. The van der Waals surface area contributed by atoms with Crippen molar-refractivity contribution < 1.29 is 9.90 Å². The average molecular weight is 296 g/mol. The molecule has 3 nitrogen and oxygen atoms in total. The third-order valence-electron chi connectivity index (χ3n) is 2.28. The van der Waals surface area contributed by atoms with E-state index in [1.54, 1.807) is 6.07 Å². The number of Topliss-reactive ketones (excluding diaryl/α,β-unsaturated/α-hetero) is 1. The number of carbonyl (C=O) groups is 1. The number of hydrogen-bond donors (Lipinski definition) is 1. The van der Waals surface area contributed by atoms with Crippen molar-refractivity contribution in [3.63, 3.8) is 0 Å². The molecule has 17 heavy (non-hydrogen) atoms. The first-order valence-electron chi connectivity index (χ1n) is 5.39. The van der Waals surface area contributed by atoms with E-state index in [1.807, 2.05) is 11.8 Å². The van der Waals surface area contributed by atoms with Crippen molar-refractivity contribution in [2.75, 3.05) is 26.2 Å². The highest BCUT2D eigenvalue weighted by Crippen LogP contribution is 2.31. The zero-order chi connectivity index (χ0) is 12.8. The second kappa shape index (κ2) is 7.34. The molecule has 0 aliphatic heterocycles. The predicted octanol–water partition coefficient (Wildman–Crippen LogP) is 2.94. The monoisotopic (exact) mass is 295 g/mol. The summed E-state index contributed by atoms with van der Waals surface area (Å²) in [6, 6.07) is 1.60. The SMILES string of the molecule is CCCN(CCO)CC(=O)c1cc(Cl)sc1Cl. The van der Waals surface area contributed by atoms with Crippen LogP contribution < -0.4 is 0 Å². The quantitative estimate of drug-likeness (QED) is 0.786. The van der Waals surface area contributed by atoms with Gasteiger partial charge < -0.3 is 5.11 Å². The molecule has 1 N–H and O–H groups in total. The van der Waals surface area contributed by atoms with Gasteiger partial charge in [0.25, 0.3) is 0 Å². The number of carbonyl (C=O) groups excluding carboxylic acids is 1. The summed E-state index contributed by atoms with van der Waals surface area (Å²) in [5.74, 6) is -0.0555. The number of hydrogen-bond acceptors (Lipinski definition) is 4. The van der Waals surface area contributed by atoms with Crippen LogP contribution in [0.15, 0.2) is 6.07 Å². The fraction of sp³-hybridized carbons (Fsp3) is 0.545. The van der Waals surface area contributed by atoms with Crippen LogP contribution in [0.25, 0.3) is 0 Å². The first-order chi connectivity index (χ1) is 8.08. The van der Waals surface area contributed by atoms with Crippen molar-refractivity contribution in [3.05, 3.63) is 20.3 Å². The minimum atomic E-state index is -0.0555. The molecule has 0 radical (unpaired) electrons. The fourth-order valence-electron chi connectivity index (χ4n) is 1.55. The Morgan fingerprint density at radius 2 is 2.18 bits per heavy atom. The number of ketones is 1. The van der Waals surface area contributed by atoms with Gasteiger partial charge in [-0.2, -0.15) is 0 Å². The molecule has 0 amide bonds. The van der Waals surface area contributed by atoms with Gasteiger partial charge in [0.2, 0.25) is 0 Å². The van der Waals surface area contributed by atoms with E-state index in [-0.39, 0.29) is 18.9 Å². The highest BCUT2D eigenvalue weighted by atomic mass is 35.5. The molecule has 0 bridgehead atoms. The molecule has 1 heterocycles. The van der Waals surface area contributed by atoms with E-state index in [4.69, 9.17) is 28.3 Å². The van der Waals surface area contributed by atoms with Crippen molar-refractivity contribution in [1.29, 1.82) is 0 Å². The lowest BCUT2D eigenvalue weighted by Gasteiger charge is -2.19. The second-order valence-corrected chi connectivity index (χ2v) is 5.95. The maximum absolute atomic E-state index is 12.0. The van der Waals surface area contributed by atoms with Crippen LogP contribution in [0.3, 0.4) is 0 Å². The zero-order valence-electron chi connectivity index (χ0n) is 9.58. The average Bonchev–Trinajstić information content (AvgIpc) is 2.58. The Bertz CT molecular complexity index is 376. The molecule has 1 rings (SSSR count). The normalized spacial score (nSPS) is 11.1. The zero-order valence-corrected chi connectivity index (χ0v) is 11.9. The smallest absolute Gasteiger partial charge is 0.179 e. The molecule has 96 valence electrons. The highest BCUT2D eigenvalue weighted by molar-refractivity contribution is 7.20. The Kier molecular flexibility index (Phi) is 6.44. The topological polar surface area (TPSA) is 40.5 Å². The minimum absolute atomic E-state index is 0.0470. The Labute approximate surface area is 115 Å². The summed E-state index contributed by atoms with van der Waals surface area (Å²) >= 11 is 12.9. The van der Waals surface area contributed by atoms with Crippen LogP contribution >= 0.6 is 34.5 Å². The van der Waals surface area contributed by atoms with Crippen LogP contribution in [-0.2, 0) is 0 Å². The predicted molar refractivity (Wildman–Crippen MR) is 72.5 cm³/mol. The van der Waals surface area contributed by atoms with Gasteiger partial charge in [-0.3, -0.25) is 9.69 Å². The standard InChI is InChI=1S/C11H15Cl2NO2S/c1-2-3-14(4-5-15)7-9(16)8-6-10(12)17-11(8)13/h6,15H,2-5,7H2,1H3. The van der Waals surface area contributed by atoms with Crippen LogP contribution in [0.2, 0.25) is 8.67 Å². The Hall–Kier alpha value is -0.130. The van der Waals surface area contributed by atoms with Crippen LogP contribution in [0.4, 0.5) is 0 Å². The summed E-state index contributed by atoms with van der Waals surface area (Å²) in [6.45, 7) is 3.62. The second-order valence-electron chi connectivity index (χ2n) is 3.66. The number of aliphatic hydroxyl groups is 1. The molecule has 0 spiro atoms. The van der Waals surface area contributed by atoms with Gasteiger partial charge in [-0.05, 0) is 19.0 Å². The van der Waals surface area contributed by atoms with Gasteiger partial charge in [-0.1, -0.05) is 30.1 Å². The lowest BCUT2D eigenvalue weighted by Crippen LogP contribution is -2.33. The van der Waals surface area contributed by atoms with Gasteiger partial charge >= 0.3 is 0 Å². The van der Waals surface area contributed by atoms with Crippen LogP contribution in [-0.4, -0.2) is 42.0 Å². The molecule has 0 saturated heterocycles. The summed E-state index contributed by atoms with van der Waals surface area (Å²) in [6.07, 6.45) is 0.936. The molecule has 0 fully saturated rings. The van der Waals surface area contributed by atoms with Gasteiger partial charge in [-0.25, -0.2) is 0 Å². The van der Waals surface area contributed by atoms with Gasteiger partial charge in [0.15, 0.2) is 5.78 Å². The summed E-state index contributed by atoms with van der Waals surface area (Å²) in [7, 11) is 0. The first kappa shape index (κ1) is 14.9. The van der Waals surface area contributed by atoms with E-state index < -0.39 is 0 Å². The molecule has 0 aliphatic rings. The minimum Gasteiger partial charge on any atom is -0.395 e. The number of aliphatic hydroxyl groups excluding tert-OH is 1. The third kappa shape index (κ3) is 4.56. The number of nitrogens with zero attached hydrogens (tertiary/aromatic N) is 1. The lowest BCUT2D eigenvalue weighted by molar-refractivity contribution is 0.0915. The molecule has 0 aliphatic carbocycles. The first-order valence-corrected chi connectivity index (χ1v) is 6.97. The van der Waals surface area contributed by atoms with Gasteiger partial charge in [0.1, 0.15) is 4.34 Å². The van der Waals surface area contributed by atoms with Gasteiger partial charge in [0, 0.05) is 6.54 Å². The summed E-state index contributed by atoms with van der Waals surface area (Å²) < 4.78 is 0.947. The van der Waals surface area contributed by atoms with E-state index in [0.717, 1.165) is 13.0 Å². The summed E-state index contributed by atoms with van der Waals surface area (Å²) in [5.41, 5.74) is 0.473. The number of thiophene rings is 1.